The number of hydrogen-bond donors (Lipinski definition) is 0. The summed E-state index contributed by atoms with van der Waals surface area (Å²) in [5.41, 5.74) is -2.59. The van der Waals surface area contributed by atoms with E-state index in [-0.39, 0.29) is 0 Å². The molecule has 2 rings (SSSR count). The molecule has 0 N–H and O–H groups in total. The van der Waals surface area contributed by atoms with Crippen molar-refractivity contribution in [3.8, 4) is 5.69 Å². The summed E-state index contributed by atoms with van der Waals surface area (Å²) in [5.74, 6) is -2.63. The highest BCUT2D eigenvalue weighted by molar-refractivity contribution is 5.35. The van der Waals surface area contributed by atoms with Crippen LogP contribution >= 0.6 is 0 Å². The molecule has 2 aromatic rings. The van der Waals surface area contributed by atoms with Gasteiger partial charge >= 0.3 is 6.18 Å². The van der Waals surface area contributed by atoms with Gasteiger partial charge in [0.25, 0.3) is 5.56 Å². The molecule has 19 heavy (non-hydrogen) atoms. The van der Waals surface area contributed by atoms with E-state index in [1.54, 1.807) is 0 Å². The SMILES string of the molecule is O=c1ccc(C(F)(F)F)cn1-c1cccc(F)c1F. The average Bonchev–Trinajstić information content (AvgIpc) is 2.32. The van der Waals surface area contributed by atoms with Crippen molar-refractivity contribution < 1.29 is 22.0 Å². The lowest BCUT2D eigenvalue weighted by atomic mass is 10.2. The smallest absolute Gasteiger partial charge is 0.281 e. The van der Waals surface area contributed by atoms with Crippen LogP contribution in [0.3, 0.4) is 0 Å². The van der Waals surface area contributed by atoms with E-state index in [2.05, 4.69) is 0 Å². The first-order valence-corrected chi connectivity index (χ1v) is 5.05. The molecule has 0 unspecified atom stereocenters. The number of hydrogen-bond acceptors (Lipinski definition) is 1. The quantitative estimate of drug-likeness (QED) is 0.733. The molecule has 0 aliphatic carbocycles. The van der Waals surface area contributed by atoms with E-state index in [1.165, 1.54) is 0 Å². The molecule has 1 aromatic heterocycles. The Morgan fingerprint density at radius 1 is 1.00 bits per heavy atom. The summed E-state index contributed by atoms with van der Waals surface area (Å²) in [6.45, 7) is 0. The predicted molar refractivity (Wildman–Crippen MR) is 57.0 cm³/mol. The Labute approximate surface area is 103 Å². The Balaban J connectivity index is 2.69. The highest BCUT2D eigenvalue weighted by Gasteiger charge is 2.31. The number of benzene rings is 1. The van der Waals surface area contributed by atoms with Gasteiger partial charge in [0.15, 0.2) is 11.6 Å². The van der Waals surface area contributed by atoms with Crippen LogP contribution in [-0.2, 0) is 6.18 Å². The van der Waals surface area contributed by atoms with Gasteiger partial charge in [-0.2, -0.15) is 13.2 Å². The van der Waals surface area contributed by atoms with Crippen molar-refractivity contribution in [1.82, 2.24) is 4.57 Å². The van der Waals surface area contributed by atoms with Crippen LogP contribution in [0.2, 0.25) is 0 Å². The van der Waals surface area contributed by atoms with Gasteiger partial charge in [-0.3, -0.25) is 9.36 Å². The minimum Gasteiger partial charge on any atom is -0.281 e. The standard InChI is InChI=1S/C12H6F5NO/c13-8-2-1-3-9(11(8)14)18-6-7(12(15,16)17)4-5-10(18)19/h1-6H. The van der Waals surface area contributed by atoms with Crippen molar-refractivity contribution in [3.05, 3.63) is 64.1 Å². The summed E-state index contributed by atoms with van der Waals surface area (Å²) in [5, 5.41) is 0. The maximum Gasteiger partial charge on any atom is 0.417 e. The summed E-state index contributed by atoms with van der Waals surface area (Å²) in [7, 11) is 0. The molecule has 0 amide bonds. The molecule has 2 nitrogen and oxygen atoms in total. The van der Waals surface area contributed by atoms with Gasteiger partial charge in [-0.15, -0.1) is 0 Å². The third kappa shape index (κ3) is 2.49. The van der Waals surface area contributed by atoms with Crippen molar-refractivity contribution in [1.29, 1.82) is 0 Å². The predicted octanol–water partition coefficient (Wildman–Crippen LogP) is 3.13. The van der Waals surface area contributed by atoms with E-state index in [0.29, 0.717) is 22.9 Å². The second-order valence-electron chi connectivity index (χ2n) is 3.70. The van der Waals surface area contributed by atoms with Crippen molar-refractivity contribution in [2.45, 2.75) is 6.18 Å². The van der Waals surface area contributed by atoms with E-state index in [0.717, 1.165) is 18.2 Å². The maximum atomic E-state index is 13.5. The summed E-state index contributed by atoms with van der Waals surface area (Å²) in [6, 6.07) is 4.14. The van der Waals surface area contributed by atoms with E-state index < -0.39 is 34.6 Å². The van der Waals surface area contributed by atoms with Gasteiger partial charge in [-0.1, -0.05) is 6.07 Å². The number of halogens is 5. The second-order valence-corrected chi connectivity index (χ2v) is 3.70. The van der Waals surface area contributed by atoms with E-state index in [1.807, 2.05) is 0 Å². The summed E-state index contributed by atoms with van der Waals surface area (Å²) in [6.07, 6.45) is -4.25. The molecular weight excluding hydrogens is 269 g/mol. The Bertz CT molecular complexity index is 675. The summed E-state index contributed by atoms with van der Waals surface area (Å²) >= 11 is 0. The lowest BCUT2D eigenvalue weighted by Crippen LogP contribution is -2.21. The maximum absolute atomic E-state index is 13.5. The van der Waals surface area contributed by atoms with Gasteiger partial charge in [0.2, 0.25) is 0 Å². The Hall–Kier alpha value is -2.18. The number of aromatic nitrogens is 1. The molecule has 7 heteroatoms. The van der Waals surface area contributed by atoms with Gasteiger partial charge in [-0.05, 0) is 18.2 Å². The lowest BCUT2D eigenvalue weighted by Gasteiger charge is -2.11. The van der Waals surface area contributed by atoms with Gasteiger partial charge in [0.05, 0.1) is 11.3 Å². The average molecular weight is 275 g/mol. The zero-order valence-electron chi connectivity index (χ0n) is 9.21. The molecule has 0 radical (unpaired) electrons. The Kier molecular flexibility index (Phi) is 3.13. The van der Waals surface area contributed by atoms with E-state index >= 15 is 0 Å². The number of nitrogens with zero attached hydrogens (tertiary/aromatic N) is 1. The first-order valence-electron chi connectivity index (χ1n) is 5.05. The van der Waals surface area contributed by atoms with E-state index in [4.69, 9.17) is 0 Å². The molecule has 1 aromatic carbocycles. The second kappa shape index (κ2) is 4.49. The number of rotatable bonds is 1. The molecule has 0 fully saturated rings. The van der Waals surface area contributed by atoms with Gasteiger partial charge in [0, 0.05) is 12.3 Å². The van der Waals surface area contributed by atoms with E-state index in [9.17, 15) is 26.7 Å². The molecule has 0 atom stereocenters. The molecule has 0 saturated carbocycles. The largest absolute Gasteiger partial charge is 0.417 e. The van der Waals surface area contributed by atoms with Crippen molar-refractivity contribution in [3.63, 3.8) is 0 Å². The Morgan fingerprint density at radius 2 is 1.68 bits per heavy atom. The first kappa shape index (κ1) is 13.3. The highest BCUT2D eigenvalue weighted by atomic mass is 19.4. The zero-order valence-corrected chi connectivity index (χ0v) is 9.21. The topological polar surface area (TPSA) is 22.0 Å². The molecule has 1 heterocycles. The molecule has 100 valence electrons. The zero-order chi connectivity index (χ0) is 14.2. The van der Waals surface area contributed by atoms with Crippen LogP contribution in [-0.4, -0.2) is 4.57 Å². The van der Waals surface area contributed by atoms with Crippen LogP contribution in [0.1, 0.15) is 5.56 Å². The van der Waals surface area contributed by atoms with Gasteiger partial charge in [-0.25, -0.2) is 8.78 Å². The van der Waals surface area contributed by atoms with Crippen molar-refractivity contribution >= 4 is 0 Å². The molecule has 0 spiro atoms. The van der Waals surface area contributed by atoms with Gasteiger partial charge < -0.3 is 0 Å². The molecule has 0 saturated heterocycles. The first-order chi connectivity index (χ1) is 8.80. The fraction of sp³-hybridized carbons (Fsp3) is 0.0833. The molecule has 0 aliphatic rings. The van der Waals surface area contributed by atoms with Crippen molar-refractivity contribution in [2.24, 2.45) is 0 Å². The highest BCUT2D eigenvalue weighted by Crippen LogP contribution is 2.28. The summed E-state index contributed by atoms with van der Waals surface area (Å²) < 4.78 is 64.5. The fourth-order valence-electron chi connectivity index (χ4n) is 1.52. The van der Waals surface area contributed by atoms with Gasteiger partial charge in [0.1, 0.15) is 0 Å². The minimum atomic E-state index is -4.68. The number of pyridine rings is 1. The van der Waals surface area contributed by atoms with Crippen molar-refractivity contribution in [2.75, 3.05) is 0 Å². The van der Waals surface area contributed by atoms with Crippen LogP contribution in [0.5, 0.6) is 0 Å². The lowest BCUT2D eigenvalue weighted by molar-refractivity contribution is -0.138. The molecular formula is C12H6F5NO. The minimum absolute atomic E-state index is 0.418. The number of alkyl halides is 3. The van der Waals surface area contributed by atoms with Crippen LogP contribution in [0.4, 0.5) is 22.0 Å². The Morgan fingerprint density at radius 3 is 2.32 bits per heavy atom. The van der Waals surface area contributed by atoms with Crippen LogP contribution in [0.25, 0.3) is 5.69 Å². The summed E-state index contributed by atoms with van der Waals surface area (Å²) in [4.78, 5) is 11.5. The van der Waals surface area contributed by atoms with Crippen LogP contribution in [0, 0.1) is 11.6 Å². The monoisotopic (exact) mass is 275 g/mol. The third-order valence-electron chi connectivity index (χ3n) is 2.43. The fourth-order valence-corrected chi connectivity index (χ4v) is 1.52. The normalized spacial score (nSPS) is 11.6. The van der Waals surface area contributed by atoms with Crippen LogP contribution < -0.4 is 5.56 Å². The molecule has 0 bridgehead atoms. The van der Waals surface area contributed by atoms with Crippen LogP contribution in [0.15, 0.2) is 41.3 Å². The third-order valence-corrected chi connectivity index (χ3v) is 2.43. The molecule has 0 aliphatic heterocycles.